The van der Waals surface area contributed by atoms with Crippen LogP contribution in [0.15, 0.2) is 18.2 Å². The van der Waals surface area contributed by atoms with Gasteiger partial charge in [0, 0.05) is 28.0 Å². The standard InChI is InChI=1S/C16H25NS2/c1-5-14-16(19-9-8-18-14)15(17-4)13-7-6-11(2)10-12(13)3/h6-7,10,14-17H,5,8-9H2,1-4H3. The molecule has 1 fully saturated rings. The number of hydrogen-bond donors (Lipinski definition) is 1. The fourth-order valence-corrected chi connectivity index (χ4v) is 6.20. The Morgan fingerprint density at radius 2 is 2.00 bits per heavy atom. The van der Waals surface area contributed by atoms with Gasteiger partial charge in [0.25, 0.3) is 0 Å². The summed E-state index contributed by atoms with van der Waals surface area (Å²) >= 11 is 4.31. The molecule has 3 heteroatoms. The molecule has 1 nitrogen and oxygen atoms in total. The van der Waals surface area contributed by atoms with Crippen LogP contribution in [0.3, 0.4) is 0 Å². The third kappa shape index (κ3) is 3.50. The number of aryl methyl sites for hydroxylation is 2. The Kier molecular flexibility index (Phi) is 5.67. The normalized spacial score (nSPS) is 25.3. The van der Waals surface area contributed by atoms with E-state index >= 15 is 0 Å². The van der Waals surface area contributed by atoms with Gasteiger partial charge in [-0.2, -0.15) is 23.5 Å². The van der Waals surface area contributed by atoms with Crippen molar-refractivity contribution in [2.45, 2.75) is 43.7 Å². The van der Waals surface area contributed by atoms with E-state index in [1.54, 1.807) is 0 Å². The largest absolute Gasteiger partial charge is 0.312 e. The van der Waals surface area contributed by atoms with Crippen molar-refractivity contribution in [3.63, 3.8) is 0 Å². The molecule has 0 bridgehead atoms. The smallest absolute Gasteiger partial charge is 0.0451 e. The minimum atomic E-state index is 0.475. The van der Waals surface area contributed by atoms with E-state index in [1.165, 1.54) is 34.6 Å². The van der Waals surface area contributed by atoms with Gasteiger partial charge >= 0.3 is 0 Å². The monoisotopic (exact) mass is 295 g/mol. The summed E-state index contributed by atoms with van der Waals surface area (Å²) in [6.07, 6.45) is 1.27. The molecule has 19 heavy (non-hydrogen) atoms. The summed E-state index contributed by atoms with van der Waals surface area (Å²) in [6, 6.07) is 7.34. The topological polar surface area (TPSA) is 12.0 Å². The first-order chi connectivity index (χ1) is 9.17. The molecule has 1 aliphatic rings. The number of rotatable bonds is 4. The van der Waals surface area contributed by atoms with Gasteiger partial charge in [-0.1, -0.05) is 30.7 Å². The predicted molar refractivity (Wildman–Crippen MR) is 90.5 cm³/mol. The summed E-state index contributed by atoms with van der Waals surface area (Å²) in [5, 5.41) is 5.04. The zero-order chi connectivity index (χ0) is 13.8. The Morgan fingerprint density at radius 3 is 2.63 bits per heavy atom. The van der Waals surface area contributed by atoms with E-state index in [1.807, 2.05) is 0 Å². The first-order valence-corrected chi connectivity index (χ1v) is 9.24. The highest BCUT2D eigenvalue weighted by atomic mass is 32.2. The average molecular weight is 296 g/mol. The summed E-state index contributed by atoms with van der Waals surface area (Å²) in [7, 11) is 2.11. The SMILES string of the molecule is CCC1SCCSC1C(NC)c1ccc(C)cc1C. The maximum Gasteiger partial charge on any atom is 0.0451 e. The number of thioether (sulfide) groups is 2. The highest BCUT2D eigenvalue weighted by Crippen LogP contribution is 2.40. The second-order valence-electron chi connectivity index (χ2n) is 5.28. The minimum Gasteiger partial charge on any atom is -0.312 e. The van der Waals surface area contributed by atoms with Crippen LogP contribution in [0.2, 0.25) is 0 Å². The lowest BCUT2D eigenvalue weighted by Crippen LogP contribution is -2.37. The molecule has 2 rings (SSSR count). The van der Waals surface area contributed by atoms with Gasteiger partial charge in [0.15, 0.2) is 0 Å². The lowest BCUT2D eigenvalue weighted by Gasteiger charge is -2.36. The molecule has 3 atom stereocenters. The van der Waals surface area contributed by atoms with Crippen LogP contribution >= 0.6 is 23.5 Å². The van der Waals surface area contributed by atoms with Crippen LogP contribution in [-0.4, -0.2) is 29.1 Å². The highest BCUT2D eigenvalue weighted by Gasteiger charge is 2.32. The lowest BCUT2D eigenvalue weighted by molar-refractivity contribution is 0.541. The molecule has 1 saturated heterocycles. The molecule has 1 aromatic rings. The van der Waals surface area contributed by atoms with Gasteiger partial charge < -0.3 is 5.32 Å². The van der Waals surface area contributed by atoms with Crippen LogP contribution in [0.4, 0.5) is 0 Å². The van der Waals surface area contributed by atoms with E-state index in [4.69, 9.17) is 0 Å². The van der Waals surface area contributed by atoms with Gasteiger partial charge in [-0.3, -0.25) is 0 Å². The fourth-order valence-electron chi connectivity index (χ4n) is 2.92. The van der Waals surface area contributed by atoms with E-state index in [-0.39, 0.29) is 0 Å². The molecular weight excluding hydrogens is 270 g/mol. The van der Waals surface area contributed by atoms with Crippen LogP contribution < -0.4 is 5.32 Å². The first kappa shape index (κ1) is 15.3. The maximum atomic E-state index is 3.58. The zero-order valence-electron chi connectivity index (χ0n) is 12.4. The number of benzene rings is 1. The summed E-state index contributed by atoms with van der Waals surface area (Å²) in [4.78, 5) is 0. The van der Waals surface area contributed by atoms with E-state index in [9.17, 15) is 0 Å². The molecule has 1 aliphatic heterocycles. The molecule has 1 N–H and O–H groups in total. The van der Waals surface area contributed by atoms with Crippen LogP contribution in [0.25, 0.3) is 0 Å². The van der Waals surface area contributed by atoms with E-state index < -0.39 is 0 Å². The Labute approximate surface area is 126 Å². The van der Waals surface area contributed by atoms with Gasteiger partial charge in [-0.15, -0.1) is 0 Å². The molecule has 0 aromatic heterocycles. The average Bonchev–Trinajstić information content (AvgIpc) is 2.42. The third-order valence-corrected chi connectivity index (χ3v) is 7.24. The van der Waals surface area contributed by atoms with Crippen molar-refractivity contribution >= 4 is 23.5 Å². The van der Waals surface area contributed by atoms with Gasteiger partial charge in [0.1, 0.15) is 0 Å². The summed E-state index contributed by atoms with van der Waals surface area (Å²) in [5.41, 5.74) is 4.26. The summed E-state index contributed by atoms with van der Waals surface area (Å²) in [6.45, 7) is 6.74. The van der Waals surface area contributed by atoms with Crippen LogP contribution in [-0.2, 0) is 0 Å². The second-order valence-corrected chi connectivity index (χ2v) is 7.91. The van der Waals surface area contributed by atoms with E-state index in [0.717, 1.165) is 5.25 Å². The summed E-state index contributed by atoms with van der Waals surface area (Å²) < 4.78 is 0. The molecule has 1 heterocycles. The van der Waals surface area contributed by atoms with E-state index in [2.05, 4.69) is 74.9 Å². The third-order valence-electron chi connectivity index (χ3n) is 3.89. The van der Waals surface area contributed by atoms with Crippen LogP contribution in [0.5, 0.6) is 0 Å². The van der Waals surface area contributed by atoms with Crippen molar-refractivity contribution in [3.05, 3.63) is 34.9 Å². The second kappa shape index (κ2) is 7.05. The number of hydrogen-bond acceptors (Lipinski definition) is 3. The maximum absolute atomic E-state index is 3.58. The molecule has 0 radical (unpaired) electrons. The van der Waals surface area contributed by atoms with Gasteiger partial charge in [-0.25, -0.2) is 0 Å². The molecular formula is C16H25NS2. The van der Waals surface area contributed by atoms with Crippen molar-refractivity contribution in [2.24, 2.45) is 0 Å². The van der Waals surface area contributed by atoms with Crippen molar-refractivity contribution in [3.8, 4) is 0 Å². The molecule has 0 saturated carbocycles. The number of nitrogens with one attached hydrogen (secondary N) is 1. The van der Waals surface area contributed by atoms with Gasteiger partial charge in [-0.05, 0) is 38.4 Å². The van der Waals surface area contributed by atoms with Gasteiger partial charge in [0.05, 0.1) is 0 Å². The minimum absolute atomic E-state index is 0.475. The van der Waals surface area contributed by atoms with Crippen molar-refractivity contribution in [1.29, 1.82) is 0 Å². The van der Waals surface area contributed by atoms with Crippen molar-refractivity contribution in [2.75, 3.05) is 18.6 Å². The summed E-state index contributed by atoms with van der Waals surface area (Å²) in [5.74, 6) is 2.60. The van der Waals surface area contributed by atoms with Crippen LogP contribution in [0, 0.1) is 13.8 Å². The lowest BCUT2D eigenvalue weighted by atomic mass is 9.95. The quantitative estimate of drug-likeness (QED) is 0.894. The Morgan fingerprint density at radius 1 is 1.26 bits per heavy atom. The Balaban J connectivity index is 2.27. The Bertz CT molecular complexity index is 419. The molecule has 0 aliphatic carbocycles. The van der Waals surface area contributed by atoms with Crippen molar-refractivity contribution < 1.29 is 0 Å². The fraction of sp³-hybridized carbons (Fsp3) is 0.625. The molecule has 3 unspecified atom stereocenters. The van der Waals surface area contributed by atoms with E-state index in [0.29, 0.717) is 11.3 Å². The predicted octanol–water partition coefficient (Wildman–Crippen LogP) is 4.19. The molecule has 0 amide bonds. The Hall–Kier alpha value is -0.120. The van der Waals surface area contributed by atoms with Crippen molar-refractivity contribution in [1.82, 2.24) is 5.32 Å². The van der Waals surface area contributed by atoms with Crippen LogP contribution in [0.1, 0.15) is 36.1 Å². The molecule has 106 valence electrons. The van der Waals surface area contributed by atoms with Gasteiger partial charge in [0.2, 0.25) is 0 Å². The first-order valence-electron chi connectivity index (χ1n) is 7.15. The molecule has 1 aromatic carbocycles. The molecule has 0 spiro atoms. The highest BCUT2D eigenvalue weighted by molar-refractivity contribution is 8.07. The zero-order valence-corrected chi connectivity index (χ0v) is 14.0.